The second-order valence-electron chi connectivity index (χ2n) is 7.93. The molecule has 0 spiro atoms. The van der Waals surface area contributed by atoms with Crippen LogP contribution in [0.2, 0.25) is 0 Å². The maximum atomic E-state index is 13.2. The van der Waals surface area contributed by atoms with Crippen molar-refractivity contribution in [3.8, 4) is 11.8 Å². The number of nitrogens with zero attached hydrogens (tertiary/aromatic N) is 2. The van der Waals surface area contributed by atoms with Gasteiger partial charge in [-0.1, -0.05) is 71.1 Å². The molecule has 0 unspecified atom stereocenters. The number of carbonyl (C=O) groups is 1. The Morgan fingerprint density at radius 1 is 0.964 bits per heavy atom. The van der Waals surface area contributed by atoms with E-state index in [2.05, 4.69) is 22.2 Å². The van der Waals surface area contributed by atoms with Gasteiger partial charge in [-0.15, -0.1) is 0 Å². The standard InChI is InChI=1S/C22H37N3O3/c1-4-5-6-7-8-9-10-11-14-22(15-12-13-16-22)21(26)25-18-19(27-2)23-17-24-20(18)28-3/h17H,4-16H2,1-3H3,(H,25,26). The fraction of sp³-hybridized carbons (Fsp3) is 0.773. The lowest BCUT2D eigenvalue weighted by Gasteiger charge is -2.28. The summed E-state index contributed by atoms with van der Waals surface area (Å²) in [4.78, 5) is 21.4. The van der Waals surface area contributed by atoms with Crippen molar-refractivity contribution in [1.82, 2.24) is 9.97 Å². The first-order chi connectivity index (χ1) is 13.7. The maximum absolute atomic E-state index is 13.2. The summed E-state index contributed by atoms with van der Waals surface area (Å²) in [6, 6.07) is 0. The molecule has 0 bridgehead atoms. The number of methoxy groups -OCH3 is 2. The Morgan fingerprint density at radius 2 is 1.50 bits per heavy atom. The lowest BCUT2D eigenvalue weighted by molar-refractivity contribution is -0.125. The molecule has 0 aliphatic heterocycles. The zero-order chi connectivity index (χ0) is 20.2. The molecule has 1 N–H and O–H groups in total. The summed E-state index contributed by atoms with van der Waals surface area (Å²) in [5.41, 5.74) is 0.147. The van der Waals surface area contributed by atoms with Gasteiger partial charge >= 0.3 is 0 Å². The van der Waals surface area contributed by atoms with E-state index in [1.54, 1.807) is 0 Å². The molecular weight excluding hydrogens is 354 g/mol. The van der Waals surface area contributed by atoms with Crippen molar-refractivity contribution in [1.29, 1.82) is 0 Å². The molecule has 1 saturated carbocycles. The van der Waals surface area contributed by atoms with Gasteiger partial charge in [-0.3, -0.25) is 4.79 Å². The van der Waals surface area contributed by atoms with Crippen molar-refractivity contribution >= 4 is 11.6 Å². The molecule has 1 fully saturated rings. The zero-order valence-corrected chi connectivity index (χ0v) is 17.9. The molecule has 1 aromatic heterocycles. The topological polar surface area (TPSA) is 73.3 Å². The van der Waals surface area contributed by atoms with Gasteiger partial charge in [0.05, 0.1) is 14.2 Å². The lowest BCUT2D eigenvalue weighted by atomic mass is 9.79. The molecule has 0 aromatic carbocycles. The highest BCUT2D eigenvalue weighted by atomic mass is 16.5. The van der Waals surface area contributed by atoms with E-state index in [9.17, 15) is 4.79 Å². The fourth-order valence-electron chi connectivity index (χ4n) is 4.26. The minimum atomic E-state index is -0.284. The Morgan fingerprint density at radius 3 is 2.04 bits per heavy atom. The van der Waals surface area contributed by atoms with Gasteiger partial charge in [-0.05, 0) is 19.3 Å². The van der Waals surface area contributed by atoms with Crippen molar-refractivity contribution < 1.29 is 14.3 Å². The Kier molecular flexibility index (Phi) is 9.51. The van der Waals surface area contributed by atoms with E-state index < -0.39 is 0 Å². The van der Waals surface area contributed by atoms with E-state index in [0.29, 0.717) is 17.4 Å². The number of unbranched alkanes of at least 4 members (excludes halogenated alkanes) is 7. The third-order valence-corrected chi connectivity index (χ3v) is 5.95. The van der Waals surface area contributed by atoms with Crippen LogP contribution in [-0.2, 0) is 4.79 Å². The summed E-state index contributed by atoms with van der Waals surface area (Å²) in [7, 11) is 3.06. The normalized spacial score (nSPS) is 15.4. The van der Waals surface area contributed by atoms with E-state index in [0.717, 1.165) is 38.5 Å². The largest absolute Gasteiger partial charge is 0.479 e. The smallest absolute Gasteiger partial charge is 0.244 e. The van der Waals surface area contributed by atoms with Crippen LogP contribution < -0.4 is 14.8 Å². The minimum absolute atomic E-state index is 0.0549. The highest BCUT2D eigenvalue weighted by Gasteiger charge is 2.41. The number of anilines is 1. The van der Waals surface area contributed by atoms with E-state index >= 15 is 0 Å². The number of amides is 1. The molecule has 158 valence electrons. The summed E-state index contributed by atoms with van der Waals surface area (Å²) in [5.74, 6) is 0.722. The first-order valence-electron chi connectivity index (χ1n) is 10.9. The molecule has 6 nitrogen and oxygen atoms in total. The van der Waals surface area contributed by atoms with Gasteiger partial charge in [0.2, 0.25) is 17.7 Å². The predicted octanol–water partition coefficient (Wildman–Crippen LogP) is 5.52. The highest BCUT2D eigenvalue weighted by Crippen LogP contribution is 2.44. The molecule has 1 aromatic rings. The SMILES string of the molecule is CCCCCCCCCCC1(C(=O)Nc2c(OC)ncnc2OC)CCCC1. The molecule has 2 rings (SSSR count). The molecule has 6 heteroatoms. The summed E-state index contributed by atoms with van der Waals surface area (Å²) in [6.07, 6.45) is 16.7. The number of nitrogens with one attached hydrogen (secondary N) is 1. The maximum Gasteiger partial charge on any atom is 0.244 e. The molecule has 1 amide bonds. The van der Waals surface area contributed by atoms with Gasteiger partial charge in [0.25, 0.3) is 0 Å². The Hall–Kier alpha value is -1.85. The van der Waals surface area contributed by atoms with Crippen LogP contribution in [0.15, 0.2) is 6.33 Å². The molecule has 1 aliphatic carbocycles. The fourth-order valence-corrected chi connectivity index (χ4v) is 4.26. The van der Waals surface area contributed by atoms with Crippen molar-refractivity contribution in [2.24, 2.45) is 5.41 Å². The van der Waals surface area contributed by atoms with Crippen LogP contribution in [0.5, 0.6) is 11.8 Å². The van der Waals surface area contributed by atoms with Crippen molar-refractivity contribution in [2.75, 3.05) is 19.5 Å². The number of rotatable bonds is 13. The van der Waals surface area contributed by atoms with Crippen LogP contribution in [0.25, 0.3) is 0 Å². The predicted molar refractivity (Wildman–Crippen MR) is 112 cm³/mol. The van der Waals surface area contributed by atoms with E-state index in [1.165, 1.54) is 65.5 Å². The summed E-state index contributed by atoms with van der Waals surface area (Å²) < 4.78 is 10.6. The van der Waals surface area contributed by atoms with Crippen molar-refractivity contribution in [3.05, 3.63) is 6.33 Å². The van der Waals surface area contributed by atoms with Crippen molar-refractivity contribution in [3.63, 3.8) is 0 Å². The number of aromatic nitrogens is 2. The third kappa shape index (κ3) is 6.08. The summed E-state index contributed by atoms with van der Waals surface area (Å²) >= 11 is 0. The number of hydrogen-bond donors (Lipinski definition) is 1. The molecular formula is C22H37N3O3. The van der Waals surface area contributed by atoms with E-state index in [4.69, 9.17) is 9.47 Å². The van der Waals surface area contributed by atoms with Gasteiger partial charge < -0.3 is 14.8 Å². The second-order valence-corrected chi connectivity index (χ2v) is 7.93. The minimum Gasteiger partial charge on any atom is -0.479 e. The second kappa shape index (κ2) is 11.9. The first kappa shape index (κ1) is 22.4. The Balaban J connectivity index is 1.91. The molecule has 0 atom stereocenters. The van der Waals surface area contributed by atoms with Crippen LogP contribution in [0.4, 0.5) is 5.69 Å². The number of hydrogen-bond acceptors (Lipinski definition) is 5. The number of carbonyl (C=O) groups excluding carboxylic acids is 1. The van der Waals surface area contributed by atoms with Crippen LogP contribution in [0.1, 0.15) is 90.4 Å². The van der Waals surface area contributed by atoms with Crippen LogP contribution in [-0.4, -0.2) is 30.1 Å². The van der Waals surface area contributed by atoms with E-state index in [-0.39, 0.29) is 11.3 Å². The lowest BCUT2D eigenvalue weighted by Crippen LogP contribution is -2.34. The average Bonchev–Trinajstić information content (AvgIpc) is 3.20. The van der Waals surface area contributed by atoms with Gasteiger partial charge in [0, 0.05) is 5.41 Å². The quantitative estimate of drug-likeness (QED) is 0.448. The summed E-state index contributed by atoms with van der Waals surface area (Å²) in [6.45, 7) is 2.25. The molecule has 28 heavy (non-hydrogen) atoms. The van der Waals surface area contributed by atoms with Gasteiger partial charge in [0.15, 0.2) is 5.69 Å². The molecule has 0 saturated heterocycles. The third-order valence-electron chi connectivity index (χ3n) is 5.95. The Labute approximate surface area is 169 Å². The van der Waals surface area contributed by atoms with Gasteiger partial charge in [-0.2, -0.15) is 9.97 Å². The zero-order valence-electron chi connectivity index (χ0n) is 17.9. The van der Waals surface area contributed by atoms with Gasteiger partial charge in [0.1, 0.15) is 6.33 Å². The van der Waals surface area contributed by atoms with Crippen LogP contribution >= 0.6 is 0 Å². The highest BCUT2D eigenvalue weighted by molar-refractivity contribution is 5.97. The van der Waals surface area contributed by atoms with Crippen molar-refractivity contribution in [2.45, 2.75) is 90.4 Å². The molecule has 0 radical (unpaired) electrons. The van der Waals surface area contributed by atoms with Gasteiger partial charge in [-0.25, -0.2) is 0 Å². The first-order valence-corrected chi connectivity index (χ1v) is 10.9. The Bertz CT molecular complexity index is 578. The number of ether oxygens (including phenoxy) is 2. The van der Waals surface area contributed by atoms with Crippen LogP contribution in [0.3, 0.4) is 0 Å². The van der Waals surface area contributed by atoms with E-state index in [1.807, 2.05) is 0 Å². The van der Waals surface area contributed by atoms with Crippen LogP contribution in [0, 0.1) is 5.41 Å². The molecule has 1 heterocycles. The average molecular weight is 392 g/mol. The summed E-state index contributed by atoms with van der Waals surface area (Å²) in [5, 5.41) is 3.03. The monoisotopic (exact) mass is 391 g/mol. The molecule has 1 aliphatic rings.